The van der Waals surface area contributed by atoms with Crippen LogP contribution in [0.5, 0.6) is 0 Å². The summed E-state index contributed by atoms with van der Waals surface area (Å²) in [7, 11) is 0. The average molecular weight is 250 g/mol. The van der Waals surface area contributed by atoms with Crippen molar-refractivity contribution in [3.05, 3.63) is 35.6 Å². The molecule has 1 aromatic rings. The average Bonchev–Trinajstić information content (AvgIpc) is 3.14. The van der Waals surface area contributed by atoms with Gasteiger partial charge in [0, 0.05) is 24.7 Å². The first-order valence-corrected chi connectivity index (χ1v) is 6.83. The molecule has 0 radical (unpaired) electrons. The van der Waals surface area contributed by atoms with Crippen LogP contribution in [-0.4, -0.2) is 24.0 Å². The molecule has 1 aliphatic rings. The maximum absolute atomic E-state index is 13.9. The second kappa shape index (κ2) is 5.81. The van der Waals surface area contributed by atoms with Gasteiger partial charge in [-0.15, -0.1) is 0 Å². The van der Waals surface area contributed by atoms with Crippen LogP contribution in [0.4, 0.5) is 4.39 Å². The number of hydrogen-bond donors (Lipinski definition) is 1. The van der Waals surface area contributed by atoms with Crippen LogP contribution < -0.4 is 5.73 Å². The van der Waals surface area contributed by atoms with Gasteiger partial charge in [-0.25, -0.2) is 4.39 Å². The Hall–Kier alpha value is -0.930. The van der Waals surface area contributed by atoms with Gasteiger partial charge >= 0.3 is 0 Å². The highest BCUT2D eigenvalue weighted by Crippen LogP contribution is 2.34. The summed E-state index contributed by atoms with van der Waals surface area (Å²) >= 11 is 0. The molecule has 2 nitrogen and oxygen atoms in total. The molecule has 2 rings (SSSR count). The van der Waals surface area contributed by atoms with E-state index in [0.29, 0.717) is 12.6 Å². The SMILES string of the molecule is CC(C)N(CC1CC1)C(CN)c1ccccc1F. The molecular weight excluding hydrogens is 227 g/mol. The van der Waals surface area contributed by atoms with Gasteiger partial charge in [0.15, 0.2) is 0 Å². The van der Waals surface area contributed by atoms with E-state index in [0.717, 1.165) is 18.0 Å². The number of rotatable bonds is 6. The van der Waals surface area contributed by atoms with Crippen LogP contribution in [0.1, 0.15) is 38.3 Å². The van der Waals surface area contributed by atoms with Crippen molar-refractivity contribution in [2.45, 2.75) is 38.8 Å². The van der Waals surface area contributed by atoms with Crippen molar-refractivity contribution in [3.8, 4) is 0 Å². The Bertz CT molecular complexity index is 388. The first-order valence-electron chi connectivity index (χ1n) is 6.83. The molecule has 1 atom stereocenters. The van der Waals surface area contributed by atoms with Gasteiger partial charge in [-0.3, -0.25) is 4.90 Å². The van der Waals surface area contributed by atoms with Crippen molar-refractivity contribution in [2.24, 2.45) is 11.7 Å². The number of hydrogen-bond acceptors (Lipinski definition) is 2. The van der Waals surface area contributed by atoms with E-state index in [-0.39, 0.29) is 11.9 Å². The zero-order valence-corrected chi connectivity index (χ0v) is 11.3. The highest BCUT2D eigenvalue weighted by atomic mass is 19.1. The van der Waals surface area contributed by atoms with E-state index in [4.69, 9.17) is 5.73 Å². The van der Waals surface area contributed by atoms with Gasteiger partial charge in [0.25, 0.3) is 0 Å². The highest BCUT2D eigenvalue weighted by molar-refractivity contribution is 5.22. The van der Waals surface area contributed by atoms with Crippen molar-refractivity contribution in [1.29, 1.82) is 0 Å². The third kappa shape index (κ3) is 3.09. The van der Waals surface area contributed by atoms with Gasteiger partial charge in [-0.2, -0.15) is 0 Å². The predicted octanol–water partition coefficient (Wildman–Crippen LogP) is 2.95. The number of halogens is 1. The second-order valence-corrected chi connectivity index (χ2v) is 5.51. The first-order chi connectivity index (χ1) is 8.63. The minimum absolute atomic E-state index is 0.00759. The summed E-state index contributed by atoms with van der Waals surface area (Å²) in [6.45, 7) is 5.82. The van der Waals surface area contributed by atoms with Gasteiger partial charge in [-0.05, 0) is 38.7 Å². The first kappa shape index (κ1) is 13.5. The molecule has 0 heterocycles. The third-order valence-corrected chi connectivity index (χ3v) is 3.72. The van der Waals surface area contributed by atoms with Gasteiger partial charge in [0.05, 0.1) is 6.04 Å². The van der Waals surface area contributed by atoms with E-state index in [1.165, 1.54) is 18.9 Å². The summed E-state index contributed by atoms with van der Waals surface area (Å²) in [5.74, 6) is 0.641. The van der Waals surface area contributed by atoms with Crippen LogP contribution >= 0.6 is 0 Å². The van der Waals surface area contributed by atoms with E-state index in [9.17, 15) is 4.39 Å². The predicted molar refractivity (Wildman–Crippen MR) is 72.8 cm³/mol. The minimum Gasteiger partial charge on any atom is -0.329 e. The smallest absolute Gasteiger partial charge is 0.128 e. The zero-order chi connectivity index (χ0) is 13.1. The fourth-order valence-corrected chi connectivity index (χ4v) is 2.48. The lowest BCUT2D eigenvalue weighted by molar-refractivity contribution is 0.147. The van der Waals surface area contributed by atoms with Gasteiger partial charge in [0.2, 0.25) is 0 Å². The zero-order valence-electron chi connectivity index (χ0n) is 11.3. The van der Waals surface area contributed by atoms with Crippen molar-refractivity contribution < 1.29 is 4.39 Å². The van der Waals surface area contributed by atoms with E-state index >= 15 is 0 Å². The number of benzene rings is 1. The summed E-state index contributed by atoms with van der Waals surface area (Å²) in [6.07, 6.45) is 2.61. The standard InChI is InChI=1S/C15H23FN2/c1-11(2)18(10-12-7-8-12)15(9-17)13-5-3-4-6-14(13)16/h3-6,11-12,15H,7-10,17H2,1-2H3. The van der Waals surface area contributed by atoms with Crippen molar-refractivity contribution >= 4 is 0 Å². The number of nitrogens with two attached hydrogens (primary N) is 1. The van der Waals surface area contributed by atoms with E-state index in [1.54, 1.807) is 6.07 Å². The Morgan fingerprint density at radius 1 is 1.33 bits per heavy atom. The molecule has 1 aromatic carbocycles. The molecule has 0 spiro atoms. The fourth-order valence-electron chi connectivity index (χ4n) is 2.48. The van der Waals surface area contributed by atoms with Crippen molar-refractivity contribution in [1.82, 2.24) is 4.90 Å². The Kier molecular flexibility index (Phi) is 4.36. The van der Waals surface area contributed by atoms with Crippen LogP contribution in [0.25, 0.3) is 0 Å². The Morgan fingerprint density at radius 2 is 2.00 bits per heavy atom. The van der Waals surface area contributed by atoms with Gasteiger partial charge in [-0.1, -0.05) is 18.2 Å². The fraction of sp³-hybridized carbons (Fsp3) is 0.600. The molecule has 3 heteroatoms. The molecule has 1 fully saturated rings. The van der Waals surface area contributed by atoms with Crippen molar-refractivity contribution in [2.75, 3.05) is 13.1 Å². The van der Waals surface area contributed by atoms with Crippen LogP contribution in [-0.2, 0) is 0 Å². The topological polar surface area (TPSA) is 29.3 Å². The van der Waals surface area contributed by atoms with Crippen LogP contribution in [0, 0.1) is 11.7 Å². The molecule has 1 unspecified atom stereocenters. The largest absolute Gasteiger partial charge is 0.329 e. The summed E-state index contributed by atoms with van der Waals surface area (Å²) in [4.78, 5) is 2.34. The summed E-state index contributed by atoms with van der Waals surface area (Å²) in [5, 5.41) is 0. The van der Waals surface area contributed by atoms with Gasteiger partial charge < -0.3 is 5.73 Å². The van der Waals surface area contributed by atoms with Crippen LogP contribution in [0.15, 0.2) is 24.3 Å². The van der Waals surface area contributed by atoms with E-state index < -0.39 is 0 Å². The third-order valence-electron chi connectivity index (χ3n) is 3.72. The summed E-state index contributed by atoms with van der Waals surface area (Å²) < 4.78 is 13.9. The Balaban J connectivity index is 2.21. The normalized spacial score (nSPS) is 17.4. The highest BCUT2D eigenvalue weighted by Gasteiger charge is 2.30. The van der Waals surface area contributed by atoms with Crippen molar-refractivity contribution in [3.63, 3.8) is 0 Å². The summed E-state index contributed by atoms with van der Waals surface area (Å²) in [6, 6.07) is 7.37. The van der Waals surface area contributed by atoms with Gasteiger partial charge in [0.1, 0.15) is 5.82 Å². The van der Waals surface area contributed by atoms with E-state index in [2.05, 4.69) is 18.7 Å². The van der Waals surface area contributed by atoms with Crippen LogP contribution in [0.2, 0.25) is 0 Å². The molecule has 0 aromatic heterocycles. The lowest BCUT2D eigenvalue weighted by atomic mass is 10.0. The Labute approximate surface area is 109 Å². The molecule has 100 valence electrons. The lowest BCUT2D eigenvalue weighted by Gasteiger charge is -2.35. The quantitative estimate of drug-likeness (QED) is 0.841. The monoisotopic (exact) mass is 250 g/mol. The molecule has 0 aliphatic heterocycles. The molecule has 18 heavy (non-hydrogen) atoms. The molecule has 1 aliphatic carbocycles. The summed E-state index contributed by atoms with van der Waals surface area (Å²) in [5.41, 5.74) is 6.63. The molecule has 0 bridgehead atoms. The minimum atomic E-state index is -0.144. The molecule has 0 saturated heterocycles. The van der Waals surface area contributed by atoms with Crippen LogP contribution in [0.3, 0.4) is 0 Å². The molecular formula is C15H23FN2. The lowest BCUT2D eigenvalue weighted by Crippen LogP contribution is -2.40. The Morgan fingerprint density at radius 3 is 2.50 bits per heavy atom. The molecule has 1 saturated carbocycles. The molecule has 2 N–H and O–H groups in total. The maximum Gasteiger partial charge on any atom is 0.128 e. The maximum atomic E-state index is 13.9. The molecule has 0 amide bonds. The second-order valence-electron chi connectivity index (χ2n) is 5.51. The van der Waals surface area contributed by atoms with E-state index in [1.807, 2.05) is 12.1 Å². The number of nitrogens with zero attached hydrogens (tertiary/aromatic N) is 1.